The number of rotatable bonds is 4. The van der Waals surface area contributed by atoms with E-state index in [-0.39, 0.29) is 6.17 Å². The summed E-state index contributed by atoms with van der Waals surface area (Å²) in [5, 5.41) is 2.17. The van der Waals surface area contributed by atoms with Crippen molar-refractivity contribution in [1.29, 1.82) is 0 Å². The van der Waals surface area contributed by atoms with E-state index in [1.807, 2.05) is 0 Å². The first-order chi connectivity index (χ1) is 12.0. The highest BCUT2D eigenvalue weighted by molar-refractivity contribution is 6.00. The van der Waals surface area contributed by atoms with Crippen molar-refractivity contribution in [2.45, 2.75) is 26.9 Å². The third-order valence-electron chi connectivity index (χ3n) is 5.03. The molecule has 0 bridgehead atoms. The summed E-state index contributed by atoms with van der Waals surface area (Å²) in [6.07, 6.45) is 2.24. The first-order valence-electron chi connectivity index (χ1n) is 9.01. The normalized spacial score (nSPS) is 25.5. The maximum atomic E-state index is 5.49. The molecule has 25 heavy (non-hydrogen) atoms. The number of nitrogens with zero attached hydrogens (tertiary/aromatic N) is 5. The Morgan fingerprint density at radius 2 is 2.04 bits per heavy atom. The summed E-state index contributed by atoms with van der Waals surface area (Å²) in [5.74, 6) is 1.09. The maximum absolute atomic E-state index is 5.49. The van der Waals surface area contributed by atoms with E-state index in [0.29, 0.717) is 6.67 Å². The lowest BCUT2D eigenvalue weighted by Gasteiger charge is -2.47. The molecule has 1 fully saturated rings. The van der Waals surface area contributed by atoms with Crippen molar-refractivity contribution in [1.82, 2.24) is 25.1 Å². The molecule has 0 amide bonds. The topological polar surface area (TPSA) is 46.6 Å². The smallest absolute Gasteiger partial charge is 0.164 e. The van der Waals surface area contributed by atoms with Gasteiger partial charge in [-0.15, -0.1) is 0 Å². The number of nitrogens with one attached hydrogen (secondary N) is 1. The molecule has 0 aromatic rings. The zero-order valence-corrected chi connectivity index (χ0v) is 16.0. The first-order valence-corrected chi connectivity index (χ1v) is 9.01. The molecular weight excluding hydrogens is 316 g/mol. The molecule has 1 unspecified atom stereocenters. The summed E-state index contributed by atoms with van der Waals surface area (Å²) in [6, 6.07) is 0. The van der Waals surface area contributed by atoms with Gasteiger partial charge in [0.2, 0.25) is 0 Å². The van der Waals surface area contributed by atoms with E-state index in [1.54, 1.807) is 0 Å². The van der Waals surface area contributed by atoms with E-state index in [4.69, 9.17) is 9.73 Å². The lowest BCUT2D eigenvalue weighted by Crippen LogP contribution is -2.61. The van der Waals surface area contributed by atoms with Crippen molar-refractivity contribution >= 4 is 5.71 Å². The minimum Gasteiger partial charge on any atom is -0.378 e. The summed E-state index contributed by atoms with van der Waals surface area (Å²) in [7, 11) is 4.19. The molecule has 3 aliphatic rings. The molecular formula is C18H30N6O. The Kier molecular flexibility index (Phi) is 5.37. The van der Waals surface area contributed by atoms with Crippen LogP contribution in [0, 0.1) is 0 Å². The predicted octanol–water partition coefficient (Wildman–Crippen LogP) is 1.01. The van der Waals surface area contributed by atoms with E-state index >= 15 is 0 Å². The molecule has 1 saturated heterocycles. The molecule has 3 heterocycles. The molecule has 0 aromatic heterocycles. The van der Waals surface area contributed by atoms with Crippen LogP contribution in [0.3, 0.4) is 0 Å². The summed E-state index contributed by atoms with van der Waals surface area (Å²) < 4.78 is 5.49. The van der Waals surface area contributed by atoms with Gasteiger partial charge < -0.3 is 14.5 Å². The lowest BCUT2D eigenvalue weighted by molar-refractivity contribution is 0.0340. The summed E-state index contributed by atoms with van der Waals surface area (Å²) in [6.45, 7) is 11.3. The lowest BCUT2D eigenvalue weighted by atomic mass is 10.1. The average molecular weight is 346 g/mol. The van der Waals surface area contributed by atoms with Gasteiger partial charge in [0.25, 0.3) is 0 Å². The van der Waals surface area contributed by atoms with E-state index in [0.717, 1.165) is 55.8 Å². The number of morpholine rings is 1. The van der Waals surface area contributed by atoms with Gasteiger partial charge in [0.15, 0.2) is 6.17 Å². The van der Waals surface area contributed by atoms with Crippen molar-refractivity contribution < 1.29 is 4.74 Å². The highest BCUT2D eigenvalue weighted by Gasteiger charge is 2.35. The van der Waals surface area contributed by atoms with Gasteiger partial charge in [-0.25, -0.2) is 0 Å². The monoisotopic (exact) mass is 346 g/mol. The molecule has 3 rings (SSSR count). The minimum atomic E-state index is 0.0521. The fraction of sp³-hybridized carbons (Fsp3) is 0.667. The molecule has 7 heteroatoms. The van der Waals surface area contributed by atoms with Crippen molar-refractivity contribution in [3.63, 3.8) is 0 Å². The van der Waals surface area contributed by atoms with Gasteiger partial charge in [-0.2, -0.15) is 0 Å². The van der Waals surface area contributed by atoms with Gasteiger partial charge in [-0.1, -0.05) is 12.7 Å². The second-order valence-corrected chi connectivity index (χ2v) is 6.79. The molecule has 7 nitrogen and oxygen atoms in total. The van der Waals surface area contributed by atoms with Gasteiger partial charge in [0.05, 0.1) is 37.0 Å². The number of hydrazine groups is 1. The number of hydrogen-bond acceptors (Lipinski definition) is 7. The van der Waals surface area contributed by atoms with E-state index in [2.05, 4.69) is 71.8 Å². The molecule has 0 aliphatic carbocycles. The van der Waals surface area contributed by atoms with Crippen LogP contribution >= 0.6 is 0 Å². The molecule has 3 aliphatic heterocycles. The Hall–Kier alpha value is -1.95. The van der Waals surface area contributed by atoms with Crippen molar-refractivity contribution in [3.8, 4) is 0 Å². The molecule has 0 saturated carbocycles. The summed E-state index contributed by atoms with van der Waals surface area (Å²) in [4.78, 5) is 11.7. The van der Waals surface area contributed by atoms with Crippen molar-refractivity contribution in [2.24, 2.45) is 4.99 Å². The minimum absolute atomic E-state index is 0.0521. The van der Waals surface area contributed by atoms with Gasteiger partial charge in [0, 0.05) is 26.2 Å². The zero-order valence-electron chi connectivity index (χ0n) is 16.0. The van der Waals surface area contributed by atoms with Crippen LogP contribution < -0.4 is 5.43 Å². The number of allylic oxidation sites excluding steroid dienone is 1. The third kappa shape index (κ3) is 3.68. The number of hydrogen-bond donors (Lipinski definition) is 1. The standard InChI is InChI=1S/C18H30N6O/c1-6-21(4)13-19-16-12-17(23-7-9-25-10-8-23)20-24-15(3)11-14(2)22(5)18(16)24/h12,18,20H,6-10,13H2,1-5H3. The number of ether oxygens (including phenoxy) is 1. The highest BCUT2D eigenvalue weighted by atomic mass is 16.5. The highest BCUT2D eigenvalue weighted by Crippen LogP contribution is 2.25. The summed E-state index contributed by atoms with van der Waals surface area (Å²) >= 11 is 0. The van der Waals surface area contributed by atoms with E-state index in [1.165, 1.54) is 0 Å². The largest absolute Gasteiger partial charge is 0.378 e. The van der Waals surface area contributed by atoms with Crippen LogP contribution in [-0.2, 0) is 4.74 Å². The Bertz CT molecular complexity index is 627. The first kappa shape index (κ1) is 17.9. The zero-order chi connectivity index (χ0) is 18.0. The quantitative estimate of drug-likeness (QED) is 0.767. The maximum Gasteiger partial charge on any atom is 0.164 e. The molecule has 1 N–H and O–H groups in total. The van der Waals surface area contributed by atoms with Crippen molar-refractivity contribution in [3.05, 3.63) is 29.0 Å². The molecule has 0 aromatic carbocycles. The number of aliphatic imine (C=N–C) groups is 1. The third-order valence-corrected chi connectivity index (χ3v) is 5.03. The van der Waals surface area contributed by atoms with Crippen LogP contribution in [0.15, 0.2) is 34.0 Å². The van der Waals surface area contributed by atoms with Gasteiger partial charge >= 0.3 is 0 Å². The molecule has 1 atom stereocenters. The Balaban J connectivity index is 1.94. The summed E-state index contributed by atoms with van der Waals surface area (Å²) in [5.41, 5.74) is 10.3. The van der Waals surface area contributed by atoms with Gasteiger partial charge in [-0.05, 0) is 27.4 Å². The molecule has 138 valence electrons. The van der Waals surface area contributed by atoms with Crippen LogP contribution in [-0.4, -0.2) is 85.2 Å². The van der Waals surface area contributed by atoms with Crippen LogP contribution in [0.2, 0.25) is 0 Å². The van der Waals surface area contributed by atoms with Crippen LogP contribution in [0.5, 0.6) is 0 Å². The van der Waals surface area contributed by atoms with E-state index < -0.39 is 0 Å². The SMILES string of the molecule is CCN(C)CN=C1C=C(N2CCOCC2)NN2C(C)=C=C(C)N(C)C12. The predicted molar refractivity (Wildman–Crippen MR) is 99.5 cm³/mol. The Labute approximate surface area is 150 Å². The van der Waals surface area contributed by atoms with E-state index in [9.17, 15) is 0 Å². The van der Waals surface area contributed by atoms with Crippen LogP contribution in [0.4, 0.5) is 0 Å². The second-order valence-electron chi connectivity index (χ2n) is 6.79. The fourth-order valence-electron chi connectivity index (χ4n) is 3.19. The number of fused-ring (bicyclic) bond motifs is 1. The Morgan fingerprint density at radius 3 is 2.72 bits per heavy atom. The van der Waals surface area contributed by atoms with Crippen LogP contribution in [0.1, 0.15) is 20.8 Å². The van der Waals surface area contributed by atoms with Crippen LogP contribution in [0.25, 0.3) is 0 Å². The van der Waals surface area contributed by atoms with Gasteiger partial charge in [0.1, 0.15) is 5.82 Å². The molecule has 0 spiro atoms. The average Bonchev–Trinajstić information content (AvgIpc) is 2.64. The van der Waals surface area contributed by atoms with Gasteiger partial charge in [-0.3, -0.25) is 20.3 Å². The van der Waals surface area contributed by atoms with Crippen molar-refractivity contribution in [2.75, 3.05) is 53.6 Å². The fourth-order valence-corrected chi connectivity index (χ4v) is 3.19. The molecule has 0 radical (unpaired) electrons. The Morgan fingerprint density at radius 1 is 1.32 bits per heavy atom. The second kappa shape index (κ2) is 7.52.